The van der Waals surface area contributed by atoms with Crippen LogP contribution < -0.4 is 10.6 Å². The molecule has 0 aliphatic carbocycles. The summed E-state index contributed by atoms with van der Waals surface area (Å²) >= 11 is 0. The third kappa shape index (κ3) is 8.89. The minimum Gasteiger partial charge on any atom is -0.445 e. The van der Waals surface area contributed by atoms with E-state index in [4.69, 9.17) is 4.74 Å². The number of benzene rings is 2. The Morgan fingerprint density at radius 2 is 1.53 bits per heavy atom. The lowest BCUT2D eigenvalue weighted by Crippen LogP contribution is -2.49. The van der Waals surface area contributed by atoms with Gasteiger partial charge >= 0.3 is 6.09 Å². The van der Waals surface area contributed by atoms with E-state index in [-0.39, 0.29) is 30.8 Å². The minimum absolute atomic E-state index is 0.0719. The number of carbonyl (C=O) groups is 3. The molecule has 2 amide bonds. The van der Waals surface area contributed by atoms with Crippen molar-refractivity contribution in [2.45, 2.75) is 39.3 Å². The van der Waals surface area contributed by atoms with Crippen LogP contribution in [0.3, 0.4) is 0 Å². The van der Waals surface area contributed by atoms with Crippen LogP contribution in [0.2, 0.25) is 0 Å². The molecule has 0 saturated carbocycles. The minimum atomic E-state index is -0.792. The van der Waals surface area contributed by atoms with Gasteiger partial charge in [-0.1, -0.05) is 74.5 Å². The monoisotopic (exact) mass is 440 g/mol. The number of carbonyl (C=O) groups excluding carboxylic acids is 3. The summed E-state index contributed by atoms with van der Waals surface area (Å²) in [5, 5.41) is 14.7. The lowest BCUT2D eigenvalue weighted by molar-refractivity contribution is -0.126. The van der Waals surface area contributed by atoms with Gasteiger partial charge in [-0.15, -0.1) is 0 Å². The van der Waals surface area contributed by atoms with E-state index >= 15 is 0 Å². The second-order valence-corrected chi connectivity index (χ2v) is 8.14. The van der Waals surface area contributed by atoms with Crippen LogP contribution in [0.1, 0.15) is 31.4 Å². The van der Waals surface area contributed by atoms with Crippen molar-refractivity contribution in [3.05, 3.63) is 71.8 Å². The maximum Gasteiger partial charge on any atom is 0.408 e. The molecule has 0 aromatic heterocycles. The second-order valence-electron chi connectivity index (χ2n) is 8.14. The summed E-state index contributed by atoms with van der Waals surface area (Å²) in [4.78, 5) is 37.2. The molecule has 2 atom stereocenters. The first-order chi connectivity index (χ1) is 15.4. The molecule has 7 nitrogen and oxygen atoms in total. The van der Waals surface area contributed by atoms with Crippen LogP contribution in [0.4, 0.5) is 4.79 Å². The highest BCUT2D eigenvalue weighted by molar-refractivity contribution is 5.87. The number of amides is 2. The topological polar surface area (TPSA) is 105 Å². The molecule has 0 fully saturated rings. The smallest absolute Gasteiger partial charge is 0.408 e. The lowest BCUT2D eigenvalue weighted by atomic mass is 9.95. The fourth-order valence-electron chi connectivity index (χ4n) is 3.28. The Balaban J connectivity index is 1.94. The van der Waals surface area contributed by atoms with E-state index in [2.05, 4.69) is 10.6 Å². The Labute approximate surface area is 189 Å². The Hall–Kier alpha value is -3.19. The zero-order valence-electron chi connectivity index (χ0n) is 18.6. The van der Waals surface area contributed by atoms with Gasteiger partial charge in [0.15, 0.2) is 5.78 Å². The van der Waals surface area contributed by atoms with Crippen LogP contribution in [-0.4, -0.2) is 42.1 Å². The molecule has 0 radical (unpaired) electrons. The first-order valence-electron chi connectivity index (χ1n) is 10.8. The molecule has 2 rings (SSSR count). The molecule has 0 bridgehead atoms. The van der Waals surface area contributed by atoms with Gasteiger partial charge < -0.3 is 20.5 Å². The van der Waals surface area contributed by atoms with Crippen LogP contribution in [-0.2, 0) is 27.4 Å². The maximum atomic E-state index is 12.8. The largest absolute Gasteiger partial charge is 0.445 e. The molecule has 0 spiro atoms. The molecule has 0 aliphatic heterocycles. The second kappa shape index (κ2) is 13.3. The molecule has 172 valence electrons. The normalized spacial score (nSPS) is 12.6. The van der Waals surface area contributed by atoms with Crippen molar-refractivity contribution in [1.82, 2.24) is 10.6 Å². The number of Topliss-reactive ketones (excluding diaryl/α,β-unsaturated/α-hetero) is 1. The van der Waals surface area contributed by atoms with Gasteiger partial charge in [0.2, 0.25) is 5.91 Å². The number of hydrogen-bond donors (Lipinski definition) is 3. The Bertz CT molecular complexity index is 855. The number of aliphatic hydroxyl groups excluding tert-OH is 1. The fourth-order valence-corrected chi connectivity index (χ4v) is 3.28. The van der Waals surface area contributed by atoms with E-state index in [1.54, 1.807) is 0 Å². The SMILES string of the molecule is CC(C)C[C@H](NC(=O)OCc1ccccc1)C(=O)NC[C@H](Cc1ccccc1)C(=O)CO. The van der Waals surface area contributed by atoms with E-state index < -0.39 is 24.7 Å². The van der Waals surface area contributed by atoms with Crippen LogP contribution in [0, 0.1) is 11.8 Å². The quantitative estimate of drug-likeness (QED) is 0.471. The van der Waals surface area contributed by atoms with Crippen molar-refractivity contribution in [2.75, 3.05) is 13.2 Å². The maximum absolute atomic E-state index is 12.8. The highest BCUT2D eigenvalue weighted by atomic mass is 16.5. The van der Waals surface area contributed by atoms with Crippen molar-refractivity contribution in [1.29, 1.82) is 0 Å². The number of rotatable bonds is 12. The van der Waals surface area contributed by atoms with Crippen LogP contribution >= 0.6 is 0 Å². The van der Waals surface area contributed by atoms with Crippen molar-refractivity contribution in [3.8, 4) is 0 Å². The first-order valence-corrected chi connectivity index (χ1v) is 10.8. The van der Waals surface area contributed by atoms with Crippen LogP contribution in [0.15, 0.2) is 60.7 Å². The molecule has 2 aromatic rings. The molecule has 0 aliphatic rings. The van der Waals surface area contributed by atoms with Gasteiger partial charge in [0.25, 0.3) is 0 Å². The zero-order valence-corrected chi connectivity index (χ0v) is 18.6. The van der Waals surface area contributed by atoms with Gasteiger partial charge in [-0.05, 0) is 29.9 Å². The molecule has 32 heavy (non-hydrogen) atoms. The van der Waals surface area contributed by atoms with Gasteiger partial charge in [0.05, 0.1) is 0 Å². The van der Waals surface area contributed by atoms with Gasteiger partial charge in [-0.25, -0.2) is 4.79 Å². The highest BCUT2D eigenvalue weighted by Crippen LogP contribution is 2.11. The third-order valence-corrected chi connectivity index (χ3v) is 4.99. The summed E-state index contributed by atoms with van der Waals surface area (Å²) < 4.78 is 5.23. The van der Waals surface area contributed by atoms with Crippen molar-refractivity contribution in [2.24, 2.45) is 11.8 Å². The van der Waals surface area contributed by atoms with Crippen LogP contribution in [0.25, 0.3) is 0 Å². The van der Waals surface area contributed by atoms with Gasteiger partial charge in [-0.2, -0.15) is 0 Å². The summed E-state index contributed by atoms with van der Waals surface area (Å²) in [5.74, 6) is -1.14. The molecule has 0 heterocycles. The molecule has 3 N–H and O–H groups in total. The Kier molecular flexibility index (Phi) is 10.4. The van der Waals surface area contributed by atoms with E-state index in [0.717, 1.165) is 11.1 Å². The molecule has 7 heteroatoms. The summed E-state index contributed by atoms with van der Waals surface area (Å²) in [7, 11) is 0. The van der Waals surface area contributed by atoms with E-state index in [0.29, 0.717) is 12.8 Å². The number of nitrogens with one attached hydrogen (secondary N) is 2. The standard InChI is InChI=1S/C25H32N2O5/c1-18(2)13-22(27-25(31)32-17-20-11-7-4-8-12-20)24(30)26-15-21(23(29)16-28)14-19-9-5-3-6-10-19/h3-12,18,21-22,28H,13-17H2,1-2H3,(H,26,30)(H,27,31)/t21-,22-/m0/s1. The van der Waals surface area contributed by atoms with Crippen LogP contribution in [0.5, 0.6) is 0 Å². The number of hydrogen-bond acceptors (Lipinski definition) is 5. The lowest BCUT2D eigenvalue weighted by Gasteiger charge is -2.22. The van der Waals surface area contributed by atoms with Gasteiger partial charge in [-0.3, -0.25) is 9.59 Å². The van der Waals surface area contributed by atoms with Gasteiger partial charge in [0, 0.05) is 12.5 Å². The average Bonchev–Trinajstić information content (AvgIpc) is 2.80. The molecule has 0 saturated heterocycles. The zero-order chi connectivity index (χ0) is 23.3. The number of ether oxygens (including phenoxy) is 1. The van der Waals surface area contributed by atoms with Gasteiger partial charge in [0.1, 0.15) is 19.3 Å². The van der Waals surface area contributed by atoms with Crippen molar-refractivity contribution < 1.29 is 24.2 Å². The predicted octanol–water partition coefficient (Wildman–Crippen LogP) is 2.86. The summed E-state index contributed by atoms with van der Waals surface area (Å²) in [6.07, 6.45) is 0.146. The third-order valence-electron chi connectivity index (χ3n) is 4.99. The van der Waals surface area contributed by atoms with E-state index in [1.165, 1.54) is 0 Å². The highest BCUT2D eigenvalue weighted by Gasteiger charge is 2.25. The molecule has 2 aromatic carbocycles. The van der Waals surface area contributed by atoms with Crippen molar-refractivity contribution >= 4 is 17.8 Å². The summed E-state index contributed by atoms with van der Waals surface area (Å²) in [6, 6.07) is 17.9. The number of aliphatic hydroxyl groups is 1. The Morgan fingerprint density at radius 1 is 0.938 bits per heavy atom. The molecular weight excluding hydrogens is 408 g/mol. The summed E-state index contributed by atoms with van der Waals surface area (Å²) in [6.45, 7) is 3.48. The van der Waals surface area contributed by atoms with E-state index in [9.17, 15) is 19.5 Å². The average molecular weight is 441 g/mol. The predicted molar refractivity (Wildman–Crippen MR) is 122 cm³/mol. The first kappa shape index (κ1) is 25.1. The number of alkyl carbamates (subject to hydrolysis) is 1. The van der Waals surface area contributed by atoms with E-state index in [1.807, 2.05) is 74.5 Å². The molecule has 0 unspecified atom stereocenters. The fraction of sp³-hybridized carbons (Fsp3) is 0.400. The summed E-state index contributed by atoms with van der Waals surface area (Å²) in [5.41, 5.74) is 1.79. The molecular formula is C25H32N2O5. The van der Waals surface area contributed by atoms with Crippen molar-refractivity contribution in [3.63, 3.8) is 0 Å². The number of ketones is 1. The Morgan fingerprint density at radius 3 is 2.09 bits per heavy atom.